The van der Waals surface area contributed by atoms with E-state index in [1.165, 1.54) is 0 Å². The molecule has 18 heavy (non-hydrogen) atoms. The van der Waals surface area contributed by atoms with Gasteiger partial charge in [-0.15, -0.1) is 0 Å². The van der Waals surface area contributed by atoms with Crippen LogP contribution in [0.5, 0.6) is 5.75 Å². The van der Waals surface area contributed by atoms with Crippen molar-refractivity contribution in [2.24, 2.45) is 0 Å². The normalized spacial score (nSPS) is 10.3. The second-order valence-corrected chi connectivity index (χ2v) is 4.14. The number of hydrogen-bond acceptors (Lipinski definition) is 3. The van der Waals surface area contributed by atoms with Crippen LogP contribution in [-0.4, -0.2) is 12.9 Å². The van der Waals surface area contributed by atoms with Crippen LogP contribution in [-0.2, 0) is 17.6 Å². The first-order chi connectivity index (χ1) is 8.78. The molecule has 0 spiro atoms. The number of Topliss-reactive ketones (excluding diaryl/α,β-unsaturated/α-hetero) is 1. The van der Waals surface area contributed by atoms with Crippen molar-refractivity contribution in [3.05, 3.63) is 54.0 Å². The Morgan fingerprint density at radius 2 is 2.00 bits per heavy atom. The van der Waals surface area contributed by atoms with E-state index in [0.717, 1.165) is 23.5 Å². The fourth-order valence-electron chi connectivity index (χ4n) is 1.77. The summed E-state index contributed by atoms with van der Waals surface area (Å²) in [5.74, 6) is 1.76. The van der Waals surface area contributed by atoms with E-state index in [0.29, 0.717) is 12.8 Å². The van der Waals surface area contributed by atoms with Gasteiger partial charge in [-0.1, -0.05) is 12.1 Å². The summed E-state index contributed by atoms with van der Waals surface area (Å²) in [5.41, 5.74) is 1.14. The third-order valence-corrected chi connectivity index (χ3v) is 2.80. The summed E-state index contributed by atoms with van der Waals surface area (Å²) in [6.07, 6.45) is 3.26. The van der Waals surface area contributed by atoms with Crippen LogP contribution in [0.4, 0.5) is 0 Å². The van der Waals surface area contributed by atoms with Crippen molar-refractivity contribution < 1.29 is 13.9 Å². The first-order valence-corrected chi connectivity index (χ1v) is 5.95. The molecule has 1 aromatic heterocycles. The fourth-order valence-corrected chi connectivity index (χ4v) is 1.77. The van der Waals surface area contributed by atoms with Gasteiger partial charge in [0.15, 0.2) is 0 Å². The number of hydrogen-bond donors (Lipinski definition) is 0. The minimum absolute atomic E-state index is 0.195. The number of ether oxygens (including phenoxy) is 1. The van der Waals surface area contributed by atoms with Crippen molar-refractivity contribution >= 4 is 5.78 Å². The van der Waals surface area contributed by atoms with Crippen LogP contribution < -0.4 is 4.74 Å². The Labute approximate surface area is 106 Å². The van der Waals surface area contributed by atoms with Crippen molar-refractivity contribution in [3.63, 3.8) is 0 Å². The summed E-state index contributed by atoms with van der Waals surface area (Å²) in [6.45, 7) is 0. The quantitative estimate of drug-likeness (QED) is 0.784. The molecule has 0 atom stereocenters. The van der Waals surface area contributed by atoms with Crippen molar-refractivity contribution in [1.82, 2.24) is 0 Å². The van der Waals surface area contributed by atoms with E-state index >= 15 is 0 Å². The molecule has 0 saturated carbocycles. The molecule has 0 N–H and O–H groups in total. The second-order valence-electron chi connectivity index (χ2n) is 4.14. The molecule has 0 amide bonds. The predicted octanol–water partition coefficient (Wildman–Crippen LogP) is 3.03. The van der Waals surface area contributed by atoms with Gasteiger partial charge in [-0.3, -0.25) is 4.79 Å². The molecule has 0 radical (unpaired) electrons. The minimum Gasteiger partial charge on any atom is -0.497 e. The third kappa shape index (κ3) is 3.48. The molecular weight excluding hydrogens is 228 g/mol. The number of furan rings is 1. The topological polar surface area (TPSA) is 39.4 Å². The van der Waals surface area contributed by atoms with Crippen LogP contribution in [0, 0.1) is 0 Å². The van der Waals surface area contributed by atoms with Crippen LogP contribution in [0.2, 0.25) is 0 Å². The average molecular weight is 244 g/mol. The van der Waals surface area contributed by atoms with Gasteiger partial charge in [0.1, 0.15) is 17.3 Å². The molecule has 2 rings (SSSR count). The van der Waals surface area contributed by atoms with Gasteiger partial charge < -0.3 is 9.15 Å². The molecule has 2 aromatic rings. The summed E-state index contributed by atoms with van der Waals surface area (Å²) in [5, 5.41) is 0. The first-order valence-electron chi connectivity index (χ1n) is 5.95. The molecule has 0 fully saturated rings. The van der Waals surface area contributed by atoms with Crippen LogP contribution in [0.1, 0.15) is 17.7 Å². The predicted molar refractivity (Wildman–Crippen MR) is 68.7 cm³/mol. The number of methoxy groups -OCH3 is 1. The van der Waals surface area contributed by atoms with Crippen molar-refractivity contribution in [1.29, 1.82) is 0 Å². The summed E-state index contributed by atoms with van der Waals surface area (Å²) in [7, 11) is 1.64. The lowest BCUT2D eigenvalue weighted by atomic mass is 10.1. The van der Waals surface area contributed by atoms with E-state index in [1.54, 1.807) is 19.4 Å². The first kappa shape index (κ1) is 12.4. The summed E-state index contributed by atoms with van der Waals surface area (Å²) >= 11 is 0. The highest BCUT2D eigenvalue weighted by Crippen LogP contribution is 2.13. The zero-order chi connectivity index (χ0) is 12.8. The van der Waals surface area contributed by atoms with Gasteiger partial charge >= 0.3 is 0 Å². The standard InChI is InChI=1S/C15H16O3/c1-17-14-8-5-12(6-9-14)4-7-13(16)11-15-3-2-10-18-15/h2-3,5-6,8-10H,4,7,11H2,1H3. The number of aryl methyl sites for hydroxylation is 1. The molecule has 0 bridgehead atoms. The molecule has 1 heterocycles. The van der Waals surface area contributed by atoms with Crippen molar-refractivity contribution in [3.8, 4) is 5.75 Å². The van der Waals surface area contributed by atoms with Gasteiger partial charge in [-0.05, 0) is 36.2 Å². The van der Waals surface area contributed by atoms with Crippen molar-refractivity contribution in [2.75, 3.05) is 7.11 Å². The van der Waals surface area contributed by atoms with Crippen LogP contribution >= 0.6 is 0 Å². The highest BCUT2D eigenvalue weighted by atomic mass is 16.5. The maximum atomic E-state index is 11.7. The summed E-state index contributed by atoms with van der Waals surface area (Å²) in [6, 6.07) is 11.4. The van der Waals surface area contributed by atoms with Gasteiger partial charge in [0.25, 0.3) is 0 Å². The smallest absolute Gasteiger partial charge is 0.140 e. The minimum atomic E-state index is 0.195. The SMILES string of the molecule is COc1ccc(CCC(=O)Cc2ccco2)cc1. The number of benzene rings is 1. The molecule has 0 aliphatic carbocycles. The Morgan fingerprint density at radius 1 is 1.22 bits per heavy atom. The van der Waals surface area contributed by atoms with E-state index in [4.69, 9.17) is 9.15 Å². The summed E-state index contributed by atoms with van der Waals surface area (Å²) in [4.78, 5) is 11.7. The average Bonchev–Trinajstić information content (AvgIpc) is 2.90. The van der Waals surface area contributed by atoms with E-state index < -0.39 is 0 Å². The Hall–Kier alpha value is -2.03. The third-order valence-electron chi connectivity index (χ3n) is 2.80. The van der Waals surface area contributed by atoms with E-state index in [2.05, 4.69) is 0 Å². The lowest BCUT2D eigenvalue weighted by Crippen LogP contribution is -2.03. The fraction of sp³-hybridized carbons (Fsp3) is 0.267. The maximum absolute atomic E-state index is 11.7. The molecule has 3 nitrogen and oxygen atoms in total. The number of carbonyl (C=O) groups excluding carboxylic acids is 1. The molecule has 3 heteroatoms. The number of ketones is 1. The molecule has 0 unspecified atom stereocenters. The van der Waals surface area contributed by atoms with E-state index in [-0.39, 0.29) is 5.78 Å². The largest absolute Gasteiger partial charge is 0.497 e. The Morgan fingerprint density at radius 3 is 2.61 bits per heavy atom. The molecule has 94 valence electrons. The van der Waals surface area contributed by atoms with E-state index in [9.17, 15) is 4.79 Å². The highest BCUT2D eigenvalue weighted by molar-refractivity contribution is 5.80. The Bertz CT molecular complexity index is 483. The van der Waals surface area contributed by atoms with Gasteiger partial charge in [-0.2, -0.15) is 0 Å². The molecular formula is C15H16O3. The number of rotatable bonds is 6. The van der Waals surface area contributed by atoms with Crippen LogP contribution in [0.15, 0.2) is 47.1 Å². The molecule has 0 aliphatic heterocycles. The van der Waals surface area contributed by atoms with Gasteiger partial charge in [0.05, 0.1) is 19.8 Å². The molecule has 0 aliphatic rings. The maximum Gasteiger partial charge on any atom is 0.140 e. The van der Waals surface area contributed by atoms with Crippen LogP contribution in [0.3, 0.4) is 0 Å². The summed E-state index contributed by atoms with van der Waals surface area (Å²) < 4.78 is 10.2. The highest BCUT2D eigenvalue weighted by Gasteiger charge is 2.06. The van der Waals surface area contributed by atoms with Gasteiger partial charge in [-0.25, -0.2) is 0 Å². The monoisotopic (exact) mass is 244 g/mol. The lowest BCUT2D eigenvalue weighted by Gasteiger charge is -2.03. The zero-order valence-electron chi connectivity index (χ0n) is 10.4. The lowest BCUT2D eigenvalue weighted by molar-refractivity contribution is -0.118. The Balaban J connectivity index is 1.81. The van der Waals surface area contributed by atoms with Gasteiger partial charge in [0, 0.05) is 6.42 Å². The Kier molecular flexibility index (Phi) is 4.18. The van der Waals surface area contributed by atoms with Crippen molar-refractivity contribution in [2.45, 2.75) is 19.3 Å². The van der Waals surface area contributed by atoms with Crippen LogP contribution in [0.25, 0.3) is 0 Å². The molecule has 1 aromatic carbocycles. The second kappa shape index (κ2) is 6.05. The van der Waals surface area contributed by atoms with Gasteiger partial charge in [0.2, 0.25) is 0 Å². The molecule has 0 saturated heterocycles. The zero-order valence-corrected chi connectivity index (χ0v) is 10.4. The van der Waals surface area contributed by atoms with E-state index in [1.807, 2.05) is 30.3 Å². The number of carbonyl (C=O) groups is 1.